The number of benzene rings is 2. The normalized spacial score (nSPS) is 17.2. The second kappa shape index (κ2) is 6.69. The molecule has 0 radical (unpaired) electrons. The van der Waals surface area contributed by atoms with E-state index < -0.39 is 5.63 Å². The second-order valence-electron chi connectivity index (χ2n) is 5.76. The predicted molar refractivity (Wildman–Crippen MR) is 103 cm³/mol. The van der Waals surface area contributed by atoms with Gasteiger partial charge in [0.2, 0.25) is 0 Å². The first kappa shape index (κ1) is 16.4. The van der Waals surface area contributed by atoms with E-state index in [2.05, 4.69) is 15.9 Å². The lowest BCUT2D eigenvalue weighted by Crippen LogP contribution is -2.33. The molecule has 0 aliphatic carbocycles. The van der Waals surface area contributed by atoms with Crippen LogP contribution in [0.1, 0.15) is 21.3 Å². The van der Waals surface area contributed by atoms with E-state index in [0.29, 0.717) is 12.1 Å². The van der Waals surface area contributed by atoms with Crippen molar-refractivity contribution in [1.29, 1.82) is 0 Å². The zero-order valence-electron chi connectivity index (χ0n) is 13.1. The van der Waals surface area contributed by atoms with Gasteiger partial charge in [0.25, 0.3) is 5.91 Å². The van der Waals surface area contributed by atoms with Gasteiger partial charge in [0.1, 0.15) is 16.5 Å². The van der Waals surface area contributed by atoms with Crippen LogP contribution in [0.25, 0.3) is 11.0 Å². The van der Waals surface area contributed by atoms with Gasteiger partial charge in [-0.1, -0.05) is 46.3 Å². The molecular weight excluding hydrogens is 402 g/mol. The summed E-state index contributed by atoms with van der Waals surface area (Å²) in [4.78, 5) is 27.1. The van der Waals surface area contributed by atoms with Crippen LogP contribution in [-0.2, 0) is 0 Å². The van der Waals surface area contributed by atoms with Crippen molar-refractivity contribution >= 4 is 44.6 Å². The van der Waals surface area contributed by atoms with Gasteiger partial charge in [0.15, 0.2) is 0 Å². The summed E-state index contributed by atoms with van der Waals surface area (Å²) < 4.78 is 6.21. The van der Waals surface area contributed by atoms with Crippen molar-refractivity contribution < 1.29 is 9.21 Å². The Morgan fingerprint density at radius 3 is 2.76 bits per heavy atom. The van der Waals surface area contributed by atoms with E-state index in [0.717, 1.165) is 21.2 Å². The van der Waals surface area contributed by atoms with Gasteiger partial charge in [-0.05, 0) is 29.8 Å². The monoisotopic (exact) mass is 415 g/mol. The van der Waals surface area contributed by atoms with Crippen molar-refractivity contribution in [2.75, 3.05) is 12.3 Å². The zero-order valence-corrected chi connectivity index (χ0v) is 15.5. The van der Waals surface area contributed by atoms with Crippen LogP contribution in [0, 0.1) is 0 Å². The Balaban J connectivity index is 1.74. The van der Waals surface area contributed by atoms with Gasteiger partial charge in [-0.15, -0.1) is 11.8 Å². The maximum atomic E-state index is 13.0. The maximum absolute atomic E-state index is 13.0. The Bertz CT molecular complexity index is 1000. The molecule has 4 nitrogen and oxygen atoms in total. The molecule has 1 aromatic heterocycles. The van der Waals surface area contributed by atoms with Gasteiger partial charge in [-0.3, -0.25) is 4.79 Å². The first-order chi connectivity index (χ1) is 12.1. The van der Waals surface area contributed by atoms with Crippen LogP contribution in [0.3, 0.4) is 0 Å². The molecule has 1 saturated heterocycles. The number of carbonyl (C=O) groups excluding carboxylic acids is 1. The Kier molecular flexibility index (Phi) is 4.39. The fourth-order valence-corrected chi connectivity index (χ4v) is 4.60. The van der Waals surface area contributed by atoms with E-state index in [-0.39, 0.29) is 16.8 Å². The van der Waals surface area contributed by atoms with Crippen molar-refractivity contribution in [2.45, 2.75) is 5.37 Å². The summed E-state index contributed by atoms with van der Waals surface area (Å²) in [6, 6.07) is 16.8. The predicted octanol–water partition coefficient (Wildman–Crippen LogP) is 4.44. The molecule has 1 atom stereocenters. The fourth-order valence-electron chi connectivity index (χ4n) is 2.97. The molecule has 0 saturated carbocycles. The Labute approximate surface area is 157 Å². The van der Waals surface area contributed by atoms with Crippen molar-refractivity contribution in [3.8, 4) is 0 Å². The van der Waals surface area contributed by atoms with Crippen molar-refractivity contribution in [3.05, 3.63) is 80.6 Å². The number of halogens is 1. The van der Waals surface area contributed by atoms with Crippen LogP contribution < -0.4 is 5.63 Å². The molecule has 1 aliphatic rings. The van der Waals surface area contributed by atoms with Crippen LogP contribution >= 0.6 is 27.7 Å². The summed E-state index contributed by atoms with van der Waals surface area (Å²) >= 11 is 5.10. The van der Waals surface area contributed by atoms with Gasteiger partial charge < -0.3 is 9.32 Å². The molecule has 0 bridgehead atoms. The van der Waals surface area contributed by atoms with Gasteiger partial charge in [-0.2, -0.15) is 0 Å². The van der Waals surface area contributed by atoms with Crippen molar-refractivity contribution in [1.82, 2.24) is 4.90 Å². The highest BCUT2D eigenvalue weighted by atomic mass is 79.9. The van der Waals surface area contributed by atoms with Gasteiger partial charge in [0, 0.05) is 22.2 Å². The first-order valence-electron chi connectivity index (χ1n) is 7.84. The third-order valence-corrected chi connectivity index (χ3v) is 5.92. The lowest BCUT2D eigenvalue weighted by Gasteiger charge is -2.23. The van der Waals surface area contributed by atoms with Crippen LogP contribution in [0.15, 0.2) is 68.3 Å². The number of hydrogen-bond acceptors (Lipinski definition) is 4. The average molecular weight is 416 g/mol. The van der Waals surface area contributed by atoms with Gasteiger partial charge >= 0.3 is 5.63 Å². The van der Waals surface area contributed by atoms with Crippen molar-refractivity contribution in [3.63, 3.8) is 0 Å². The van der Waals surface area contributed by atoms with E-state index in [9.17, 15) is 9.59 Å². The lowest BCUT2D eigenvalue weighted by molar-refractivity contribution is 0.0756. The molecule has 1 amide bonds. The highest BCUT2D eigenvalue weighted by Crippen LogP contribution is 2.38. The van der Waals surface area contributed by atoms with Crippen LogP contribution in [0.5, 0.6) is 0 Å². The van der Waals surface area contributed by atoms with Gasteiger partial charge in [-0.25, -0.2) is 4.79 Å². The standard InChI is InChI=1S/C19H14BrNO3S/c20-14-6-7-16-13(10-14)11-15(19(23)24-16)17(22)21-8-9-25-18(21)12-4-2-1-3-5-12/h1-7,10-11,18H,8-9H2. The third kappa shape index (κ3) is 3.12. The Hall–Kier alpha value is -2.05. The SMILES string of the molecule is O=C(c1cc2cc(Br)ccc2oc1=O)N1CCSC1c1ccccc1. The highest BCUT2D eigenvalue weighted by molar-refractivity contribution is 9.10. The third-order valence-electron chi connectivity index (χ3n) is 4.16. The summed E-state index contributed by atoms with van der Waals surface area (Å²) in [6.07, 6.45) is 0. The van der Waals surface area contributed by atoms with Crippen LogP contribution in [0.2, 0.25) is 0 Å². The number of amides is 1. The van der Waals surface area contributed by atoms with Crippen LogP contribution in [0.4, 0.5) is 0 Å². The molecule has 3 aromatic rings. The van der Waals surface area contributed by atoms with E-state index >= 15 is 0 Å². The maximum Gasteiger partial charge on any atom is 0.349 e. The number of hydrogen-bond donors (Lipinski definition) is 0. The number of carbonyl (C=O) groups is 1. The fraction of sp³-hybridized carbons (Fsp3) is 0.158. The molecular formula is C19H14BrNO3S. The number of thioether (sulfide) groups is 1. The molecule has 4 rings (SSSR count). The van der Waals surface area contributed by atoms with Crippen LogP contribution in [-0.4, -0.2) is 23.1 Å². The Morgan fingerprint density at radius 2 is 1.96 bits per heavy atom. The molecule has 0 spiro atoms. The Morgan fingerprint density at radius 1 is 1.16 bits per heavy atom. The van der Waals surface area contributed by atoms with Crippen molar-refractivity contribution in [2.24, 2.45) is 0 Å². The number of fused-ring (bicyclic) bond motifs is 1. The molecule has 1 fully saturated rings. The summed E-state index contributed by atoms with van der Waals surface area (Å²) in [5.41, 5.74) is 1.02. The van der Waals surface area contributed by atoms with E-state index in [1.165, 1.54) is 0 Å². The summed E-state index contributed by atoms with van der Waals surface area (Å²) in [5, 5.41) is 0.645. The minimum absolute atomic E-state index is 0.0775. The van der Waals surface area contributed by atoms with E-state index in [4.69, 9.17) is 4.42 Å². The summed E-state index contributed by atoms with van der Waals surface area (Å²) in [7, 11) is 0. The van der Waals surface area contributed by atoms with E-state index in [1.54, 1.807) is 34.9 Å². The minimum atomic E-state index is -0.594. The first-order valence-corrected chi connectivity index (χ1v) is 9.68. The zero-order chi connectivity index (χ0) is 17.4. The molecule has 126 valence electrons. The summed E-state index contributed by atoms with van der Waals surface area (Å²) in [6.45, 7) is 0.610. The summed E-state index contributed by atoms with van der Waals surface area (Å²) in [5.74, 6) is 0.560. The molecule has 0 N–H and O–H groups in total. The molecule has 2 aromatic carbocycles. The highest BCUT2D eigenvalue weighted by Gasteiger charge is 2.32. The molecule has 2 heterocycles. The molecule has 25 heavy (non-hydrogen) atoms. The largest absolute Gasteiger partial charge is 0.422 e. The molecule has 6 heteroatoms. The average Bonchev–Trinajstić information content (AvgIpc) is 3.11. The minimum Gasteiger partial charge on any atom is -0.422 e. The van der Waals surface area contributed by atoms with Gasteiger partial charge in [0.05, 0.1) is 0 Å². The smallest absolute Gasteiger partial charge is 0.349 e. The molecule has 1 unspecified atom stereocenters. The van der Waals surface area contributed by atoms with E-state index in [1.807, 2.05) is 36.4 Å². The topological polar surface area (TPSA) is 50.5 Å². The molecule has 1 aliphatic heterocycles. The quantitative estimate of drug-likeness (QED) is 0.580. The lowest BCUT2D eigenvalue weighted by atomic mass is 10.1. The number of nitrogens with zero attached hydrogens (tertiary/aromatic N) is 1. The number of rotatable bonds is 2. The second-order valence-corrected chi connectivity index (χ2v) is 7.87.